The molecule has 0 atom stereocenters. The molecule has 9 nitrogen and oxygen atoms in total. The Morgan fingerprint density at radius 2 is 1.46 bits per heavy atom. The van der Waals surface area contributed by atoms with Crippen LogP contribution in [0.2, 0.25) is 13.1 Å². The zero-order valence-electron chi connectivity index (χ0n) is 25.7. The summed E-state index contributed by atoms with van der Waals surface area (Å²) in [6.07, 6.45) is -1.46. The first-order valence-electron chi connectivity index (χ1n) is 13.9. The van der Waals surface area contributed by atoms with Crippen molar-refractivity contribution in [3.05, 3.63) is 41.3 Å². The Morgan fingerprint density at radius 1 is 0.854 bits per heavy atom. The highest BCUT2D eigenvalue weighted by Gasteiger charge is 2.34. The van der Waals surface area contributed by atoms with E-state index in [1.165, 1.54) is 16.0 Å². The third-order valence-corrected chi connectivity index (χ3v) is 8.63. The molecule has 0 saturated carbocycles. The quantitative estimate of drug-likeness (QED) is 0.181. The van der Waals surface area contributed by atoms with Crippen molar-refractivity contribution in [3.63, 3.8) is 0 Å². The molecule has 0 aliphatic heterocycles. The first kappa shape index (κ1) is 31.2. The van der Waals surface area contributed by atoms with E-state index in [2.05, 4.69) is 38.1 Å². The van der Waals surface area contributed by atoms with Gasteiger partial charge in [0.05, 0.1) is 21.4 Å². The van der Waals surface area contributed by atoms with Gasteiger partial charge in [-0.2, -0.15) is 9.78 Å². The normalized spacial score (nSPS) is 14.2. The maximum Gasteiger partial charge on any atom is 0.435 e. The topological polar surface area (TPSA) is 93.8 Å². The number of aromatic nitrogens is 3. The van der Waals surface area contributed by atoms with Gasteiger partial charge in [-0.3, -0.25) is 0 Å². The summed E-state index contributed by atoms with van der Waals surface area (Å²) in [7, 11) is -1.42. The van der Waals surface area contributed by atoms with Crippen molar-refractivity contribution in [2.75, 3.05) is 0 Å². The SMILES string of the molecule is C[SiH2]OC(O[SiH2]C)C(C)(C)c1ccc2cc(-c3nn(C(=O)OC(C)(C)C)c4ccsc34)n(C(=O)OC(C)(C)C)c2c1. The van der Waals surface area contributed by atoms with Gasteiger partial charge in [0.2, 0.25) is 0 Å². The molecule has 0 radical (unpaired) electrons. The van der Waals surface area contributed by atoms with Crippen LogP contribution in [0.1, 0.15) is 61.0 Å². The summed E-state index contributed by atoms with van der Waals surface area (Å²) in [5, 5.41) is 7.42. The number of carbonyl (C=O) groups excluding carboxylic acids is 2. The van der Waals surface area contributed by atoms with Crippen LogP contribution in [-0.2, 0) is 23.7 Å². The second-order valence-corrected chi connectivity index (χ2v) is 15.2. The van der Waals surface area contributed by atoms with Crippen LogP contribution in [0.5, 0.6) is 0 Å². The maximum atomic E-state index is 13.8. The summed E-state index contributed by atoms with van der Waals surface area (Å²) < 4.78 is 27.3. The number of nitrogens with zero attached hydrogens (tertiary/aromatic N) is 3. The molecule has 4 rings (SSSR count). The van der Waals surface area contributed by atoms with Gasteiger partial charge < -0.3 is 18.3 Å². The summed E-state index contributed by atoms with van der Waals surface area (Å²) in [6.45, 7) is 19.3. The van der Waals surface area contributed by atoms with Crippen molar-refractivity contribution in [1.82, 2.24) is 14.3 Å². The van der Waals surface area contributed by atoms with Gasteiger partial charge in [0.15, 0.2) is 19.5 Å². The van der Waals surface area contributed by atoms with E-state index in [-0.39, 0.29) is 6.29 Å². The van der Waals surface area contributed by atoms with Gasteiger partial charge in [-0.05, 0) is 70.7 Å². The van der Waals surface area contributed by atoms with E-state index in [1.54, 1.807) is 4.57 Å². The van der Waals surface area contributed by atoms with E-state index >= 15 is 0 Å². The number of benzene rings is 1. The molecular weight excluding hydrogens is 575 g/mol. The molecule has 0 fully saturated rings. The molecule has 1 aromatic carbocycles. The lowest BCUT2D eigenvalue weighted by atomic mass is 9.83. The minimum Gasteiger partial charge on any atom is -0.443 e. The van der Waals surface area contributed by atoms with Crippen LogP contribution in [0, 0.1) is 0 Å². The molecule has 0 spiro atoms. The van der Waals surface area contributed by atoms with Crippen LogP contribution >= 0.6 is 11.3 Å². The van der Waals surface area contributed by atoms with E-state index in [1.807, 2.05) is 71.2 Å². The highest BCUT2D eigenvalue weighted by Crippen LogP contribution is 2.38. The number of carbonyl (C=O) groups is 2. The van der Waals surface area contributed by atoms with E-state index in [0.717, 1.165) is 15.6 Å². The molecule has 4 aromatic rings. The lowest BCUT2D eigenvalue weighted by Gasteiger charge is -2.35. The highest BCUT2D eigenvalue weighted by atomic mass is 32.1. The molecule has 0 aliphatic rings. The molecule has 0 saturated heterocycles. The summed E-state index contributed by atoms with van der Waals surface area (Å²) in [4.78, 5) is 26.9. The molecule has 222 valence electrons. The number of hydrogen-bond donors (Lipinski definition) is 0. The zero-order valence-corrected chi connectivity index (χ0v) is 29.3. The molecule has 0 bridgehead atoms. The van der Waals surface area contributed by atoms with Gasteiger partial charge in [-0.1, -0.05) is 39.1 Å². The van der Waals surface area contributed by atoms with Gasteiger partial charge in [-0.15, -0.1) is 11.3 Å². The second kappa shape index (κ2) is 11.5. The highest BCUT2D eigenvalue weighted by molar-refractivity contribution is 7.17. The van der Waals surface area contributed by atoms with Crippen molar-refractivity contribution in [2.24, 2.45) is 0 Å². The minimum atomic E-state index is -0.722. The van der Waals surface area contributed by atoms with Gasteiger partial charge in [0, 0.05) is 10.8 Å². The Morgan fingerprint density at radius 3 is 2.05 bits per heavy atom. The van der Waals surface area contributed by atoms with E-state index in [0.29, 0.717) is 22.4 Å². The summed E-state index contributed by atoms with van der Waals surface area (Å²) >= 11 is 1.45. The number of ether oxygens (including phenoxy) is 2. The first-order chi connectivity index (χ1) is 19.1. The molecule has 3 aromatic heterocycles. The number of thiophene rings is 1. The van der Waals surface area contributed by atoms with Crippen LogP contribution in [0.3, 0.4) is 0 Å². The molecule has 12 heteroatoms. The number of rotatable bonds is 7. The van der Waals surface area contributed by atoms with Gasteiger partial charge >= 0.3 is 12.2 Å². The lowest BCUT2D eigenvalue weighted by Crippen LogP contribution is -2.39. The third-order valence-electron chi connectivity index (χ3n) is 6.45. The van der Waals surface area contributed by atoms with Crippen molar-refractivity contribution in [3.8, 4) is 11.4 Å². The van der Waals surface area contributed by atoms with Gasteiger partial charge in [-0.25, -0.2) is 14.2 Å². The molecule has 0 unspecified atom stereocenters. The maximum absolute atomic E-state index is 13.8. The predicted octanol–water partition coefficient (Wildman–Crippen LogP) is 6.19. The van der Waals surface area contributed by atoms with Crippen molar-refractivity contribution in [1.29, 1.82) is 0 Å². The van der Waals surface area contributed by atoms with Crippen LogP contribution in [0.25, 0.3) is 32.5 Å². The molecule has 3 heterocycles. The fraction of sp³-hybridized carbons (Fsp3) is 0.483. The van der Waals surface area contributed by atoms with Crippen LogP contribution in [0.15, 0.2) is 35.7 Å². The Balaban J connectivity index is 1.94. The average molecular weight is 616 g/mol. The Bertz CT molecular complexity index is 1570. The van der Waals surface area contributed by atoms with Crippen molar-refractivity contribution in [2.45, 2.75) is 91.4 Å². The Labute approximate surface area is 250 Å². The monoisotopic (exact) mass is 615 g/mol. The van der Waals surface area contributed by atoms with E-state index in [4.69, 9.17) is 18.3 Å². The summed E-state index contributed by atoms with van der Waals surface area (Å²) in [5.74, 6) is 0. The fourth-order valence-electron chi connectivity index (χ4n) is 4.64. The third kappa shape index (κ3) is 6.51. The van der Waals surface area contributed by atoms with Gasteiger partial charge in [0.1, 0.15) is 23.2 Å². The Hall–Kier alpha value is -2.78. The van der Waals surface area contributed by atoms with Crippen LogP contribution < -0.4 is 0 Å². The Kier molecular flexibility index (Phi) is 8.73. The first-order valence-corrected chi connectivity index (χ1v) is 18.8. The largest absolute Gasteiger partial charge is 0.443 e. The fourth-order valence-corrected chi connectivity index (χ4v) is 7.33. The van der Waals surface area contributed by atoms with Crippen molar-refractivity contribution < 1.29 is 27.9 Å². The molecule has 0 N–H and O–H groups in total. The minimum absolute atomic E-state index is 0.354. The molecule has 0 amide bonds. The lowest BCUT2D eigenvalue weighted by molar-refractivity contribution is -0.0432. The molecular formula is C29H41N3O6SSi2. The molecule has 41 heavy (non-hydrogen) atoms. The van der Waals surface area contributed by atoms with Gasteiger partial charge in [0.25, 0.3) is 0 Å². The standard InChI is InChI=1S/C29H41N3O6SSi2/c1-27(2,3)35-25(33)31-20-16-18(29(7,8)24(37-40-9)38-41-10)12-11-17(20)15-21(31)22-23-19(13-14-39-23)32(30-22)26(34)36-28(4,5)6/h11-16,24H,40-41H2,1-10H3. The summed E-state index contributed by atoms with van der Waals surface area (Å²) in [6, 6.07) is 9.80. The molecule has 0 aliphatic carbocycles. The van der Waals surface area contributed by atoms with E-state index in [9.17, 15) is 9.59 Å². The second-order valence-electron chi connectivity index (χ2n) is 12.5. The smallest absolute Gasteiger partial charge is 0.435 e. The van der Waals surface area contributed by atoms with Crippen LogP contribution in [-0.4, -0.2) is 63.6 Å². The summed E-state index contributed by atoms with van der Waals surface area (Å²) in [5.41, 5.74) is 1.45. The number of fused-ring (bicyclic) bond motifs is 2. The van der Waals surface area contributed by atoms with E-state index < -0.39 is 48.3 Å². The predicted molar refractivity (Wildman–Crippen MR) is 170 cm³/mol. The van der Waals surface area contributed by atoms with Crippen molar-refractivity contribution >= 4 is 64.2 Å². The van der Waals surface area contributed by atoms with Crippen LogP contribution in [0.4, 0.5) is 9.59 Å². The zero-order chi connectivity index (χ0) is 30.3. The number of hydrogen-bond acceptors (Lipinski definition) is 8. The average Bonchev–Trinajstić information content (AvgIpc) is 3.54.